The van der Waals surface area contributed by atoms with Gasteiger partial charge in [0.25, 0.3) is 0 Å². The summed E-state index contributed by atoms with van der Waals surface area (Å²) in [5, 5.41) is 9.77. The molecule has 4 nitrogen and oxygen atoms in total. The molecule has 0 unspecified atom stereocenters. The number of benzene rings is 5. The van der Waals surface area contributed by atoms with Crippen LogP contribution < -0.4 is 0 Å². The number of fused-ring (bicyclic) bond motifs is 9. The van der Waals surface area contributed by atoms with Gasteiger partial charge in [-0.3, -0.25) is 4.52 Å². The third kappa shape index (κ3) is 4.21. The van der Waals surface area contributed by atoms with Crippen molar-refractivity contribution >= 4 is 59.8 Å². The van der Waals surface area contributed by atoms with Crippen molar-refractivity contribution in [2.24, 2.45) is 0 Å². The van der Waals surface area contributed by atoms with Gasteiger partial charge in [0.15, 0.2) is 0 Å². The molecular formula is C38H25IrN4S-. The van der Waals surface area contributed by atoms with E-state index in [1.807, 2.05) is 18.2 Å². The Balaban J connectivity index is 0.00000289. The molecule has 0 saturated heterocycles. The summed E-state index contributed by atoms with van der Waals surface area (Å²) < 4.78 is 5.58. The van der Waals surface area contributed by atoms with Gasteiger partial charge < -0.3 is 4.57 Å². The van der Waals surface area contributed by atoms with Crippen LogP contribution in [0.4, 0.5) is 0 Å². The number of aromatic nitrogens is 4. The van der Waals surface area contributed by atoms with E-state index in [2.05, 4.69) is 125 Å². The molecular weight excluding hydrogens is 737 g/mol. The molecule has 0 spiro atoms. The minimum absolute atomic E-state index is 0. The molecule has 0 bridgehead atoms. The topological polar surface area (TPSA) is 35.1 Å². The minimum Gasteiger partial charge on any atom is -0.309 e. The van der Waals surface area contributed by atoms with Crippen LogP contribution in [0.15, 0.2) is 121 Å². The van der Waals surface area contributed by atoms with Gasteiger partial charge in [-0.25, -0.2) is 4.98 Å². The van der Waals surface area contributed by atoms with Gasteiger partial charge in [-0.1, -0.05) is 71.6 Å². The number of para-hydroxylation sites is 2. The molecule has 0 N–H and O–H groups in total. The van der Waals surface area contributed by atoms with E-state index in [9.17, 15) is 0 Å². The van der Waals surface area contributed by atoms with Crippen molar-refractivity contribution < 1.29 is 20.1 Å². The smallest absolute Gasteiger partial charge is 0.123 e. The molecule has 0 aliphatic carbocycles. The van der Waals surface area contributed by atoms with Crippen molar-refractivity contribution in [2.75, 3.05) is 0 Å². The minimum atomic E-state index is 0. The normalized spacial score (nSPS) is 11.7. The third-order valence-corrected chi connectivity index (χ3v) is 9.45. The fraction of sp³-hybridized carbons (Fsp3) is 0.0526. The maximum absolute atomic E-state index is 5.14. The Morgan fingerprint density at radius 2 is 1.48 bits per heavy atom. The second-order valence-electron chi connectivity index (χ2n) is 11.1. The van der Waals surface area contributed by atoms with Crippen LogP contribution in [0.2, 0.25) is 0 Å². The maximum Gasteiger partial charge on any atom is 0.123 e. The van der Waals surface area contributed by atoms with E-state index in [1.54, 1.807) is 11.3 Å². The summed E-state index contributed by atoms with van der Waals surface area (Å²) in [6.45, 7) is 2.16. The maximum atomic E-state index is 5.14. The monoisotopic (exact) mass is 762 g/mol. The van der Waals surface area contributed by atoms with Crippen molar-refractivity contribution in [1.29, 1.82) is 0 Å². The van der Waals surface area contributed by atoms with Crippen molar-refractivity contribution in [3.05, 3.63) is 144 Å². The van der Waals surface area contributed by atoms with Crippen LogP contribution in [0.3, 0.4) is 0 Å². The first-order chi connectivity index (χ1) is 21.2. The molecule has 0 fully saturated rings. The van der Waals surface area contributed by atoms with Crippen LogP contribution in [0.5, 0.6) is 0 Å². The van der Waals surface area contributed by atoms with E-state index in [0.29, 0.717) is 0 Å². The average molecular weight is 762 g/mol. The predicted octanol–water partition coefficient (Wildman–Crippen LogP) is 9.56. The molecule has 0 aliphatic heterocycles. The molecule has 9 aromatic rings. The molecule has 4 heterocycles. The summed E-state index contributed by atoms with van der Waals surface area (Å²) >= 11 is 1.73. The molecule has 5 aromatic carbocycles. The van der Waals surface area contributed by atoms with Crippen LogP contribution in [0, 0.1) is 13.0 Å². The zero-order chi connectivity index (χ0) is 28.5. The zero-order valence-corrected chi connectivity index (χ0v) is 27.0. The Labute approximate surface area is 271 Å². The van der Waals surface area contributed by atoms with E-state index < -0.39 is 0 Å². The third-order valence-electron chi connectivity index (χ3n) is 8.33. The summed E-state index contributed by atoms with van der Waals surface area (Å²) in [5.41, 5.74) is 11.3. The van der Waals surface area contributed by atoms with Crippen LogP contribution in [0.1, 0.15) is 16.8 Å². The van der Waals surface area contributed by atoms with Gasteiger partial charge in [0.1, 0.15) is 5.01 Å². The van der Waals surface area contributed by atoms with Gasteiger partial charge in [-0.05, 0) is 60.5 Å². The average Bonchev–Trinajstić information content (AvgIpc) is 3.76. The number of thiazole rings is 1. The van der Waals surface area contributed by atoms with Crippen LogP contribution in [-0.4, -0.2) is 19.2 Å². The second kappa shape index (κ2) is 10.5. The number of rotatable bonds is 4. The van der Waals surface area contributed by atoms with E-state index in [1.165, 1.54) is 38.6 Å². The number of hydrogen-bond donors (Lipinski definition) is 0. The fourth-order valence-corrected chi connectivity index (χ4v) is 7.47. The molecule has 6 heteroatoms. The largest absolute Gasteiger partial charge is 0.309 e. The zero-order valence-electron chi connectivity index (χ0n) is 23.8. The molecule has 4 aromatic heterocycles. The van der Waals surface area contributed by atoms with Gasteiger partial charge in [0.2, 0.25) is 0 Å². The molecule has 0 saturated carbocycles. The van der Waals surface area contributed by atoms with Gasteiger partial charge in [-0.2, -0.15) is 29.4 Å². The van der Waals surface area contributed by atoms with Crippen LogP contribution in [0.25, 0.3) is 64.7 Å². The van der Waals surface area contributed by atoms with Crippen molar-refractivity contribution in [1.82, 2.24) is 19.2 Å². The van der Waals surface area contributed by atoms with Gasteiger partial charge in [0, 0.05) is 54.1 Å². The number of aryl methyl sites for hydroxylation is 1. The number of hydrogen-bond acceptors (Lipinski definition) is 3. The molecule has 9 rings (SSSR count). The molecule has 44 heavy (non-hydrogen) atoms. The van der Waals surface area contributed by atoms with Gasteiger partial charge >= 0.3 is 0 Å². The summed E-state index contributed by atoms with van der Waals surface area (Å²) in [7, 11) is 0. The Morgan fingerprint density at radius 1 is 0.727 bits per heavy atom. The van der Waals surface area contributed by atoms with Crippen molar-refractivity contribution in [3.8, 4) is 16.3 Å². The SMILES string of the molecule is Cc1ccc2c(c1)c1cc(Cc3cc4c5sc(-c6ccccc6)nc5c5ccc[c-]c5n4n3)ccc1n2-c1ccccc1.[Ir]. The Hall–Kier alpha value is -4.61. The predicted molar refractivity (Wildman–Crippen MR) is 178 cm³/mol. The van der Waals surface area contributed by atoms with E-state index in [-0.39, 0.29) is 20.1 Å². The number of pyridine rings is 1. The quantitative estimate of drug-likeness (QED) is 0.168. The fourth-order valence-electron chi connectivity index (χ4n) is 6.38. The molecule has 1 radical (unpaired) electrons. The summed E-state index contributed by atoms with van der Waals surface area (Å²) in [6.07, 6.45) is 0.738. The first kappa shape index (κ1) is 27.0. The summed E-state index contributed by atoms with van der Waals surface area (Å²) in [5.74, 6) is 0. The number of nitrogens with zero attached hydrogens (tertiary/aromatic N) is 4. The Morgan fingerprint density at radius 3 is 2.30 bits per heavy atom. The van der Waals surface area contributed by atoms with Crippen LogP contribution in [-0.2, 0) is 26.5 Å². The first-order valence-corrected chi connectivity index (χ1v) is 15.3. The van der Waals surface area contributed by atoms with Crippen molar-refractivity contribution in [3.63, 3.8) is 0 Å². The van der Waals surface area contributed by atoms with Crippen molar-refractivity contribution in [2.45, 2.75) is 13.3 Å². The standard InChI is InChI=1S/C38H25N4S.Ir/c1-24-16-18-32-30(20-24)31-22-25(17-19-33(31)41(32)28-12-6-3-7-13-28)21-27-23-35-37-36(29-14-8-9-15-34(29)42(35)40-27)39-38(43-37)26-10-4-2-5-11-26;/h2-14,16-20,22-23H,21H2,1H3;/q-1;. The molecule has 0 atom stereocenters. The molecule has 0 aliphatic rings. The van der Waals surface area contributed by atoms with Gasteiger partial charge in [-0.15, -0.1) is 11.3 Å². The van der Waals surface area contributed by atoms with Crippen LogP contribution >= 0.6 is 11.3 Å². The Kier molecular flexibility index (Phi) is 6.46. The summed E-state index contributed by atoms with van der Waals surface area (Å²) in [6, 6.07) is 46.4. The summed E-state index contributed by atoms with van der Waals surface area (Å²) in [4.78, 5) is 5.11. The second-order valence-corrected chi connectivity index (χ2v) is 12.1. The van der Waals surface area contributed by atoms with E-state index in [0.717, 1.165) is 49.3 Å². The van der Waals surface area contributed by atoms with E-state index in [4.69, 9.17) is 10.1 Å². The van der Waals surface area contributed by atoms with E-state index >= 15 is 0 Å². The first-order valence-electron chi connectivity index (χ1n) is 14.5. The molecule has 0 amide bonds. The van der Waals surface area contributed by atoms with Gasteiger partial charge in [0.05, 0.1) is 26.9 Å². The molecule has 213 valence electrons. The Bertz CT molecular complexity index is 2490.